The molecule has 4 heteroatoms. The minimum absolute atomic E-state index is 0.0404. The highest BCUT2D eigenvalue weighted by Gasteiger charge is 2.03. The predicted molar refractivity (Wildman–Crippen MR) is 61.7 cm³/mol. The van der Waals surface area contributed by atoms with Crippen LogP contribution in [0.3, 0.4) is 0 Å². The number of halogens is 1. The van der Waals surface area contributed by atoms with E-state index in [1.165, 1.54) is 6.07 Å². The summed E-state index contributed by atoms with van der Waals surface area (Å²) in [6.07, 6.45) is 0.520. The SMILES string of the molecule is CN(C)CC(=O)NCCc1ccccc1F. The van der Waals surface area contributed by atoms with Crippen molar-refractivity contribution in [1.29, 1.82) is 0 Å². The largest absolute Gasteiger partial charge is 0.355 e. The van der Waals surface area contributed by atoms with Gasteiger partial charge >= 0.3 is 0 Å². The number of hydrogen-bond acceptors (Lipinski definition) is 2. The number of benzene rings is 1. The van der Waals surface area contributed by atoms with E-state index in [1.807, 2.05) is 14.1 Å². The van der Waals surface area contributed by atoms with Crippen LogP contribution in [0.4, 0.5) is 4.39 Å². The van der Waals surface area contributed by atoms with Crippen molar-refractivity contribution in [2.24, 2.45) is 0 Å². The molecule has 1 aromatic rings. The summed E-state index contributed by atoms with van der Waals surface area (Å²) in [5.41, 5.74) is 0.632. The highest BCUT2D eigenvalue weighted by atomic mass is 19.1. The Hall–Kier alpha value is -1.42. The van der Waals surface area contributed by atoms with Gasteiger partial charge in [-0.05, 0) is 32.1 Å². The number of amides is 1. The third-order valence-corrected chi connectivity index (χ3v) is 2.13. The maximum Gasteiger partial charge on any atom is 0.234 e. The molecule has 1 rings (SSSR count). The topological polar surface area (TPSA) is 32.3 Å². The van der Waals surface area contributed by atoms with Crippen molar-refractivity contribution < 1.29 is 9.18 Å². The van der Waals surface area contributed by atoms with Crippen molar-refractivity contribution in [1.82, 2.24) is 10.2 Å². The van der Waals surface area contributed by atoms with E-state index in [9.17, 15) is 9.18 Å². The van der Waals surface area contributed by atoms with Gasteiger partial charge in [-0.15, -0.1) is 0 Å². The summed E-state index contributed by atoms with van der Waals surface area (Å²) in [6.45, 7) is 0.824. The third kappa shape index (κ3) is 4.40. The number of likely N-dealkylation sites (N-methyl/N-ethyl adjacent to an activating group) is 1. The lowest BCUT2D eigenvalue weighted by atomic mass is 10.1. The number of rotatable bonds is 5. The van der Waals surface area contributed by atoms with Crippen molar-refractivity contribution >= 4 is 5.91 Å². The summed E-state index contributed by atoms with van der Waals surface area (Å²) in [5, 5.41) is 2.74. The molecule has 0 aromatic heterocycles. The molecular formula is C12H17FN2O. The van der Waals surface area contributed by atoms with Gasteiger partial charge in [0, 0.05) is 6.54 Å². The van der Waals surface area contributed by atoms with Crippen LogP contribution in [-0.4, -0.2) is 38.0 Å². The molecule has 0 aliphatic rings. The molecule has 0 saturated heterocycles. The van der Waals surface area contributed by atoms with Crippen LogP contribution < -0.4 is 5.32 Å². The predicted octanol–water partition coefficient (Wildman–Crippen LogP) is 1.05. The molecule has 1 aromatic carbocycles. The van der Waals surface area contributed by atoms with E-state index in [0.29, 0.717) is 25.1 Å². The molecule has 88 valence electrons. The Morgan fingerprint density at radius 1 is 1.38 bits per heavy atom. The molecule has 0 radical (unpaired) electrons. The number of carbonyl (C=O) groups is 1. The van der Waals surface area contributed by atoms with Crippen LogP contribution in [0.2, 0.25) is 0 Å². The maximum atomic E-state index is 13.2. The fraction of sp³-hybridized carbons (Fsp3) is 0.417. The molecule has 0 unspecified atom stereocenters. The number of nitrogens with one attached hydrogen (secondary N) is 1. The van der Waals surface area contributed by atoms with Crippen molar-refractivity contribution in [2.45, 2.75) is 6.42 Å². The smallest absolute Gasteiger partial charge is 0.234 e. The average molecular weight is 224 g/mol. The van der Waals surface area contributed by atoms with Crippen LogP contribution >= 0.6 is 0 Å². The van der Waals surface area contributed by atoms with Gasteiger partial charge in [0.15, 0.2) is 0 Å². The molecule has 0 bridgehead atoms. The van der Waals surface area contributed by atoms with Crippen LogP contribution in [0.15, 0.2) is 24.3 Å². The van der Waals surface area contributed by atoms with Crippen molar-refractivity contribution in [2.75, 3.05) is 27.2 Å². The monoisotopic (exact) mass is 224 g/mol. The molecule has 0 spiro atoms. The van der Waals surface area contributed by atoms with E-state index in [-0.39, 0.29) is 11.7 Å². The van der Waals surface area contributed by atoms with Crippen molar-refractivity contribution in [3.8, 4) is 0 Å². The van der Waals surface area contributed by atoms with E-state index in [4.69, 9.17) is 0 Å². The summed E-state index contributed by atoms with van der Waals surface area (Å²) in [5.74, 6) is -0.259. The lowest BCUT2D eigenvalue weighted by Crippen LogP contribution is -2.34. The Morgan fingerprint density at radius 3 is 2.69 bits per heavy atom. The van der Waals surface area contributed by atoms with Gasteiger partial charge in [0.2, 0.25) is 5.91 Å². The van der Waals surface area contributed by atoms with Gasteiger partial charge in [-0.25, -0.2) is 4.39 Å². The number of hydrogen-bond donors (Lipinski definition) is 1. The van der Waals surface area contributed by atoms with Crippen LogP contribution in [0.25, 0.3) is 0 Å². The summed E-state index contributed by atoms with van der Waals surface area (Å²) < 4.78 is 13.2. The Morgan fingerprint density at radius 2 is 2.06 bits per heavy atom. The zero-order valence-electron chi connectivity index (χ0n) is 9.66. The first kappa shape index (κ1) is 12.6. The first-order valence-corrected chi connectivity index (χ1v) is 5.24. The van der Waals surface area contributed by atoms with Gasteiger partial charge in [0.25, 0.3) is 0 Å². The molecule has 3 nitrogen and oxygen atoms in total. The number of nitrogens with zero attached hydrogens (tertiary/aromatic N) is 1. The molecule has 0 aliphatic heterocycles. The summed E-state index contributed by atoms with van der Waals surface area (Å²) in [6, 6.07) is 6.61. The highest BCUT2D eigenvalue weighted by Crippen LogP contribution is 2.05. The van der Waals surface area contributed by atoms with E-state index < -0.39 is 0 Å². The summed E-state index contributed by atoms with van der Waals surface area (Å²) >= 11 is 0. The quantitative estimate of drug-likeness (QED) is 0.810. The molecule has 16 heavy (non-hydrogen) atoms. The standard InChI is InChI=1S/C12H17FN2O/c1-15(2)9-12(16)14-8-7-10-5-3-4-6-11(10)13/h3-6H,7-9H2,1-2H3,(H,14,16). The van der Waals surface area contributed by atoms with Gasteiger partial charge < -0.3 is 10.2 Å². The first-order chi connectivity index (χ1) is 7.59. The number of carbonyl (C=O) groups excluding carboxylic acids is 1. The molecule has 0 atom stereocenters. The second-order valence-corrected chi connectivity index (χ2v) is 3.93. The molecule has 0 saturated carbocycles. The van der Waals surface area contributed by atoms with Crippen LogP contribution in [0.5, 0.6) is 0 Å². The second-order valence-electron chi connectivity index (χ2n) is 3.93. The summed E-state index contributed by atoms with van der Waals surface area (Å²) in [4.78, 5) is 13.1. The normalized spacial score (nSPS) is 10.5. The Kier molecular flexibility index (Phi) is 4.92. The molecule has 0 aliphatic carbocycles. The molecule has 1 amide bonds. The Bertz CT molecular complexity index is 353. The maximum absolute atomic E-state index is 13.2. The lowest BCUT2D eigenvalue weighted by molar-refractivity contribution is -0.121. The Labute approximate surface area is 95.3 Å². The molecule has 0 heterocycles. The highest BCUT2D eigenvalue weighted by molar-refractivity contribution is 5.77. The summed E-state index contributed by atoms with van der Waals surface area (Å²) in [7, 11) is 3.66. The zero-order valence-corrected chi connectivity index (χ0v) is 9.66. The molecule has 0 fully saturated rings. The molecule has 1 N–H and O–H groups in total. The average Bonchev–Trinajstić information content (AvgIpc) is 2.19. The first-order valence-electron chi connectivity index (χ1n) is 5.24. The van der Waals surface area contributed by atoms with Crippen LogP contribution in [0, 0.1) is 5.82 Å². The van der Waals surface area contributed by atoms with Gasteiger partial charge in [0.1, 0.15) is 5.82 Å². The van der Waals surface area contributed by atoms with E-state index in [2.05, 4.69) is 5.32 Å². The van der Waals surface area contributed by atoms with Crippen molar-refractivity contribution in [3.63, 3.8) is 0 Å². The van der Waals surface area contributed by atoms with Gasteiger partial charge in [-0.2, -0.15) is 0 Å². The van der Waals surface area contributed by atoms with Gasteiger partial charge in [0.05, 0.1) is 6.54 Å². The fourth-order valence-corrected chi connectivity index (χ4v) is 1.38. The Balaban J connectivity index is 2.31. The van der Waals surface area contributed by atoms with Gasteiger partial charge in [-0.1, -0.05) is 18.2 Å². The van der Waals surface area contributed by atoms with Crippen molar-refractivity contribution in [3.05, 3.63) is 35.6 Å². The lowest BCUT2D eigenvalue weighted by Gasteiger charge is -2.10. The van der Waals surface area contributed by atoms with Crippen LogP contribution in [-0.2, 0) is 11.2 Å². The fourth-order valence-electron chi connectivity index (χ4n) is 1.38. The second kappa shape index (κ2) is 6.23. The minimum Gasteiger partial charge on any atom is -0.355 e. The van der Waals surface area contributed by atoms with Crippen LogP contribution in [0.1, 0.15) is 5.56 Å². The zero-order chi connectivity index (χ0) is 12.0. The molecular weight excluding hydrogens is 207 g/mol. The van der Waals surface area contributed by atoms with E-state index >= 15 is 0 Å². The third-order valence-electron chi connectivity index (χ3n) is 2.13. The van der Waals surface area contributed by atoms with E-state index in [0.717, 1.165) is 0 Å². The van der Waals surface area contributed by atoms with E-state index in [1.54, 1.807) is 23.1 Å². The minimum atomic E-state index is -0.218. The van der Waals surface area contributed by atoms with Gasteiger partial charge in [-0.3, -0.25) is 4.79 Å².